The molecule has 0 aliphatic carbocycles. The highest BCUT2D eigenvalue weighted by Crippen LogP contribution is 2.25. The van der Waals surface area contributed by atoms with Crippen molar-refractivity contribution in [1.29, 1.82) is 0 Å². The molecule has 2 aromatic carbocycles. The summed E-state index contributed by atoms with van der Waals surface area (Å²) in [7, 11) is -3.68. The number of rotatable bonds is 5. The SMILES string of the molecule is CC(Cc1cc2c(=O)[nH]n(Cc3ccc(Cl)cc3)c2cc1Cl)S(N)(=O)=O. The van der Waals surface area contributed by atoms with Crippen molar-refractivity contribution >= 4 is 44.1 Å². The van der Waals surface area contributed by atoms with Crippen LogP contribution in [0.4, 0.5) is 0 Å². The van der Waals surface area contributed by atoms with Crippen molar-refractivity contribution in [2.75, 3.05) is 0 Å². The summed E-state index contributed by atoms with van der Waals surface area (Å²) in [6.45, 7) is 1.95. The Kier molecular flexibility index (Phi) is 5.16. The zero-order chi connectivity index (χ0) is 19.1. The maximum Gasteiger partial charge on any atom is 0.271 e. The zero-order valence-electron chi connectivity index (χ0n) is 13.9. The summed E-state index contributed by atoms with van der Waals surface area (Å²) in [4.78, 5) is 12.3. The molecule has 1 aromatic heterocycles. The molecule has 0 amide bonds. The van der Waals surface area contributed by atoms with E-state index in [2.05, 4.69) is 5.10 Å². The van der Waals surface area contributed by atoms with Crippen LogP contribution in [0, 0.1) is 0 Å². The topological polar surface area (TPSA) is 97.9 Å². The summed E-state index contributed by atoms with van der Waals surface area (Å²) in [6, 6.07) is 10.6. The quantitative estimate of drug-likeness (QED) is 0.672. The Balaban J connectivity index is 2.00. The van der Waals surface area contributed by atoms with Crippen LogP contribution in [0.5, 0.6) is 0 Å². The molecule has 3 rings (SSSR count). The number of aromatic amines is 1. The van der Waals surface area contributed by atoms with Crippen molar-refractivity contribution in [3.8, 4) is 0 Å². The Morgan fingerprint density at radius 2 is 1.85 bits per heavy atom. The molecule has 138 valence electrons. The van der Waals surface area contributed by atoms with Gasteiger partial charge in [0.2, 0.25) is 10.0 Å². The summed E-state index contributed by atoms with van der Waals surface area (Å²) in [5, 5.41) is 8.62. The molecule has 3 aromatic rings. The molecule has 0 saturated carbocycles. The highest BCUT2D eigenvalue weighted by Gasteiger charge is 2.19. The number of nitrogens with zero attached hydrogens (tertiary/aromatic N) is 1. The maximum atomic E-state index is 12.3. The number of fused-ring (bicyclic) bond motifs is 1. The minimum Gasteiger partial charge on any atom is -0.280 e. The van der Waals surface area contributed by atoms with E-state index >= 15 is 0 Å². The number of hydrogen-bond acceptors (Lipinski definition) is 3. The third-order valence-corrected chi connectivity index (χ3v) is 6.15. The average Bonchev–Trinajstić information content (AvgIpc) is 2.84. The van der Waals surface area contributed by atoms with Gasteiger partial charge in [0.25, 0.3) is 5.56 Å². The standard InChI is InChI=1S/C17H17Cl2N3O3S/c1-10(26(20,24)25)6-12-7-14-16(8-15(12)19)22(21-17(14)23)9-11-2-4-13(18)5-3-11/h2-5,7-8,10H,6,9H2,1H3,(H,21,23)(H2,20,24,25). The van der Waals surface area contributed by atoms with Crippen LogP contribution >= 0.6 is 23.2 Å². The number of hydrogen-bond donors (Lipinski definition) is 2. The average molecular weight is 414 g/mol. The van der Waals surface area contributed by atoms with E-state index in [1.807, 2.05) is 12.1 Å². The van der Waals surface area contributed by atoms with Crippen LogP contribution in [-0.4, -0.2) is 23.4 Å². The summed E-state index contributed by atoms with van der Waals surface area (Å²) < 4.78 is 24.6. The van der Waals surface area contributed by atoms with Crippen molar-refractivity contribution in [3.05, 3.63) is 67.9 Å². The molecule has 6 nitrogen and oxygen atoms in total. The van der Waals surface area contributed by atoms with E-state index in [1.165, 1.54) is 6.92 Å². The van der Waals surface area contributed by atoms with E-state index in [0.29, 0.717) is 33.1 Å². The summed E-state index contributed by atoms with van der Waals surface area (Å²) in [5.74, 6) is 0. The molecule has 3 N–H and O–H groups in total. The highest BCUT2D eigenvalue weighted by molar-refractivity contribution is 7.89. The van der Waals surface area contributed by atoms with Gasteiger partial charge in [0.1, 0.15) is 0 Å². The van der Waals surface area contributed by atoms with Crippen molar-refractivity contribution in [3.63, 3.8) is 0 Å². The van der Waals surface area contributed by atoms with E-state index in [-0.39, 0.29) is 12.0 Å². The van der Waals surface area contributed by atoms with Crippen LogP contribution in [-0.2, 0) is 23.0 Å². The predicted octanol–water partition coefficient (Wildman–Crippen LogP) is 2.90. The lowest BCUT2D eigenvalue weighted by molar-refractivity contribution is 0.584. The Bertz CT molecular complexity index is 1120. The second kappa shape index (κ2) is 7.08. The van der Waals surface area contributed by atoms with Crippen LogP contribution < -0.4 is 10.7 Å². The molecule has 0 bridgehead atoms. The van der Waals surface area contributed by atoms with Gasteiger partial charge in [-0.3, -0.25) is 14.6 Å². The normalized spacial score (nSPS) is 13.2. The molecule has 0 saturated heterocycles. The molecule has 0 aliphatic heterocycles. The molecule has 0 fully saturated rings. The van der Waals surface area contributed by atoms with Crippen molar-refractivity contribution in [2.24, 2.45) is 5.14 Å². The first-order valence-corrected chi connectivity index (χ1v) is 10.2. The Hall–Kier alpha value is -1.80. The maximum absolute atomic E-state index is 12.3. The monoisotopic (exact) mass is 413 g/mol. The van der Waals surface area contributed by atoms with Gasteiger partial charge in [-0.15, -0.1) is 0 Å². The number of sulfonamides is 1. The van der Waals surface area contributed by atoms with Gasteiger partial charge >= 0.3 is 0 Å². The van der Waals surface area contributed by atoms with Gasteiger partial charge < -0.3 is 0 Å². The molecule has 9 heteroatoms. The van der Waals surface area contributed by atoms with E-state index in [4.69, 9.17) is 28.3 Å². The van der Waals surface area contributed by atoms with Crippen LogP contribution in [0.3, 0.4) is 0 Å². The van der Waals surface area contributed by atoms with Gasteiger partial charge in [0.15, 0.2) is 0 Å². The fourth-order valence-electron chi connectivity index (χ4n) is 2.74. The lowest BCUT2D eigenvalue weighted by Crippen LogP contribution is -2.27. The van der Waals surface area contributed by atoms with Crippen LogP contribution in [0.25, 0.3) is 10.9 Å². The number of halogens is 2. The summed E-state index contributed by atoms with van der Waals surface area (Å²) in [6.07, 6.45) is 0.134. The Morgan fingerprint density at radius 3 is 2.46 bits per heavy atom. The Labute approximate surface area is 160 Å². The number of nitrogens with one attached hydrogen (secondary N) is 1. The first kappa shape index (κ1) is 19.0. The third kappa shape index (κ3) is 3.96. The number of benzene rings is 2. The zero-order valence-corrected chi connectivity index (χ0v) is 16.2. The van der Waals surface area contributed by atoms with E-state index in [0.717, 1.165) is 5.56 Å². The molecular weight excluding hydrogens is 397 g/mol. The predicted molar refractivity (Wildman–Crippen MR) is 104 cm³/mol. The number of primary sulfonamides is 1. The smallest absolute Gasteiger partial charge is 0.271 e. The number of aromatic nitrogens is 2. The summed E-state index contributed by atoms with van der Waals surface area (Å²) in [5.41, 5.74) is 1.90. The van der Waals surface area contributed by atoms with E-state index < -0.39 is 15.3 Å². The van der Waals surface area contributed by atoms with Crippen molar-refractivity contribution in [1.82, 2.24) is 9.78 Å². The fraction of sp³-hybridized carbons (Fsp3) is 0.235. The minimum absolute atomic E-state index is 0.134. The van der Waals surface area contributed by atoms with Crippen LogP contribution in [0.15, 0.2) is 41.2 Å². The van der Waals surface area contributed by atoms with Gasteiger partial charge in [-0.2, -0.15) is 0 Å². The molecule has 1 atom stereocenters. The van der Waals surface area contributed by atoms with E-state index in [1.54, 1.807) is 28.9 Å². The number of H-pyrrole nitrogens is 1. The Morgan fingerprint density at radius 1 is 1.19 bits per heavy atom. The molecular formula is C17H17Cl2N3O3S. The molecule has 26 heavy (non-hydrogen) atoms. The van der Waals surface area contributed by atoms with Crippen LogP contribution in [0.2, 0.25) is 10.0 Å². The molecule has 1 heterocycles. The van der Waals surface area contributed by atoms with Crippen LogP contribution in [0.1, 0.15) is 18.1 Å². The number of nitrogens with two attached hydrogens (primary N) is 1. The first-order valence-electron chi connectivity index (χ1n) is 7.82. The second-order valence-electron chi connectivity index (χ2n) is 6.22. The highest BCUT2D eigenvalue weighted by atomic mass is 35.5. The molecule has 0 spiro atoms. The van der Waals surface area contributed by atoms with Gasteiger partial charge in [-0.05, 0) is 48.7 Å². The van der Waals surface area contributed by atoms with Crippen molar-refractivity contribution < 1.29 is 8.42 Å². The molecule has 0 aliphatic rings. The first-order chi connectivity index (χ1) is 12.1. The molecule has 0 radical (unpaired) electrons. The fourth-order valence-corrected chi connectivity index (χ4v) is 3.51. The summed E-state index contributed by atoms with van der Waals surface area (Å²) >= 11 is 12.2. The van der Waals surface area contributed by atoms with Gasteiger partial charge in [0.05, 0.1) is 22.7 Å². The minimum atomic E-state index is -3.68. The van der Waals surface area contributed by atoms with E-state index in [9.17, 15) is 13.2 Å². The lowest BCUT2D eigenvalue weighted by atomic mass is 10.1. The van der Waals surface area contributed by atoms with Crippen molar-refractivity contribution in [2.45, 2.75) is 25.1 Å². The van der Waals surface area contributed by atoms with Gasteiger partial charge in [-0.25, -0.2) is 13.6 Å². The lowest BCUT2D eigenvalue weighted by Gasteiger charge is -2.11. The second-order valence-corrected chi connectivity index (χ2v) is 9.04. The van der Waals surface area contributed by atoms with Gasteiger partial charge in [-0.1, -0.05) is 35.3 Å². The molecule has 1 unspecified atom stereocenters. The van der Waals surface area contributed by atoms with Gasteiger partial charge in [0, 0.05) is 10.0 Å². The third-order valence-electron chi connectivity index (χ3n) is 4.26. The largest absolute Gasteiger partial charge is 0.280 e.